The fraction of sp³-hybridized carbons (Fsp3) is 0.296. The van der Waals surface area contributed by atoms with E-state index in [4.69, 9.17) is 14.5 Å². The minimum absolute atomic E-state index is 0.0608. The van der Waals surface area contributed by atoms with Crippen LogP contribution in [0.25, 0.3) is 15.9 Å². The molecule has 5 rings (SSSR count). The summed E-state index contributed by atoms with van der Waals surface area (Å²) < 4.78 is 12.3. The number of aryl methyl sites for hydroxylation is 1. The Labute approximate surface area is 211 Å². The third kappa shape index (κ3) is 4.48. The number of benzene rings is 2. The minimum Gasteiger partial charge on any atom is -0.493 e. The summed E-state index contributed by atoms with van der Waals surface area (Å²) in [5.74, 6) is 1.74. The maximum Gasteiger partial charge on any atom is 0.267 e. The van der Waals surface area contributed by atoms with Crippen LogP contribution in [-0.4, -0.2) is 35.3 Å². The standard InChI is InChI=1S/C27H26N2O4S2/c1-16-9-11-19-23(13-16)35-25-24(19)26(31)29(18-7-5-4-6-8-18)27(28-25)34-15-20(30)17-10-12-21(32-2)22(14-17)33-3/h4-8,10,12,14,16H,9,11,13,15H2,1-3H3/t16-/m0/s1. The predicted molar refractivity (Wildman–Crippen MR) is 141 cm³/mol. The van der Waals surface area contributed by atoms with Gasteiger partial charge in [0.15, 0.2) is 22.4 Å². The van der Waals surface area contributed by atoms with Gasteiger partial charge in [-0.25, -0.2) is 4.98 Å². The second-order valence-corrected chi connectivity index (χ2v) is 10.7. The number of ketones is 1. The molecule has 2 aromatic heterocycles. The number of methoxy groups -OCH3 is 2. The Balaban J connectivity index is 1.54. The summed E-state index contributed by atoms with van der Waals surface area (Å²) in [6.45, 7) is 2.25. The number of thiophene rings is 1. The summed E-state index contributed by atoms with van der Waals surface area (Å²) in [6, 6.07) is 14.6. The van der Waals surface area contributed by atoms with Crippen molar-refractivity contribution in [3.63, 3.8) is 0 Å². The number of hydrogen-bond donors (Lipinski definition) is 0. The Hall–Kier alpha value is -3.10. The molecule has 0 amide bonds. The van der Waals surface area contributed by atoms with Gasteiger partial charge in [-0.15, -0.1) is 11.3 Å². The van der Waals surface area contributed by atoms with Gasteiger partial charge in [0.2, 0.25) is 0 Å². The number of Topliss-reactive ketones (excluding diaryl/α,β-unsaturated/α-hetero) is 1. The average molecular weight is 507 g/mol. The van der Waals surface area contributed by atoms with E-state index in [0.717, 1.165) is 40.7 Å². The van der Waals surface area contributed by atoms with Crippen molar-refractivity contribution in [1.29, 1.82) is 0 Å². The summed E-state index contributed by atoms with van der Waals surface area (Å²) in [4.78, 5) is 33.8. The van der Waals surface area contributed by atoms with Crippen LogP contribution in [0.1, 0.15) is 34.1 Å². The van der Waals surface area contributed by atoms with Crippen molar-refractivity contribution in [2.45, 2.75) is 31.3 Å². The van der Waals surface area contributed by atoms with Gasteiger partial charge in [-0.2, -0.15) is 0 Å². The Morgan fingerprint density at radius 2 is 1.91 bits per heavy atom. The van der Waals surface area contributed by atoms with Crippen LogP contribution in [0.5, 0.6) is 11.5 Å². The molecule has 1 aliphatic rings. The fourth-order valence-electron chi connectivity index (χ4n) is 4.50. The molecule has 8 heteroatoms. The van der Waals surface area contributed by atoms with Crippen molar-refractivity contribution in [3.05, 3.63) is 74.9 Å². The largest absolute Gasteiger partial charge is 0.493 e. The molecule has 0 N–H and O–H groups in total. The average Bonchev–Trinajstić information content (AvgIpc) is 3.24. The second kappa shape index (κ2) is 9.87. The van der Waals surface area contributed by atoms with Gasteiger partial charge in [0.25, 0.3) is 5.56 Å². The quantitative estimate of drug-likeness (QED) is 0.186. The zero-order valence-electron chi connectivity index (χ0n) is 19.9. The number of thioether (sulfide) groups is 1. The van der Waals surface area contributed by atoms with Crippen LogP contribution in [-0.2, 0) is 12.8 Å². The van der Waals surface area contributed by atoms with Crippen LogP contribution in [0.2, 0.25) is 0 Å². The molecule has 1 aliphatic carbocycles. The number of carbonyl (C=O) groups excluding carboxylic acids is 1. The molecule has 2 heterocycles. The Bertz CT molecular complexity index is 1460. The molecular weight excluding hydrogens is 480 g/mol. The molecule has 6 nitrogen and oxygen atoms in total. The number of carbonyl (C=O) groups is 1. The van der Waals surface area contributed by atoms with E-state index in [1.54, 1.807) is 48.3 Å². The lowest BCUT2D eigenvalue weighted by Crippen LogP contribution is -2.23. The highest BCUT2D eigenvalue weighted by Gasteiger charge is 2.25. The molecule has 180 valence electrons. The first-order valence-electron chi connectivity index (χ1n) is 11.5. The summed E-state index contributed by atoms with van der Waals surface area (Å²) in [5.41, 5.74) is 2.36. The molecule has 0 bridgehead atoms. The number of nitrogens with zero attached hydrogens (tertiary/aromatic N) is 2. The molecule has 35 heavy (non-hydrogen) atoms. The molecular formula is C27H26N2O4S2. The van der Waals surface area contributed by atoms with Crippen molar-refractivity contribution < 1.29 is 14.3 Å². The van der Waals surface area contributed by atoms with Gasteiger partial charge in [0.1, 0.15) is 4.83 Å². The van der Waals surface area contributed by atoms with E-state index in [1.807, 2.05) is 30.3 Å². The molecule has 0 saturated heterocycles. The zero-order valence-corrected chi connectivity index (χ0v) is 21.5. The highest BCUT2D eigenvalue weighted by atomic mass is 32.2. The lowest BCUT2D eigenvalue weighted by Gasteiger charge is -2.17. The van der Waals surface area contributed by atoms with Crippen LogP contribution in [0.4, 0.5) is 0 Å². The van der Waals surface area contributed by atoms with E-state index in [-0.39, 0.29) is 17.1 Å². The van der Waals surface area contributed by atoms with Gasteiger partial charge in [0, 0.05) is 10.4 Å². The molecule has 2 aromatic carbocycles. The Morgan fingerprint density at radius 3 is 2.66 bits per heavy atom. The van der Waals surface area contributed by atoms with Gasteiger partial charge in [-0.1, -0.05) is 36.9 Å². The zero-order chi connectivity index (χ0) is 24.5. The van der Waals surface area contributed by atoms with Crippen LogP contribution in [0.15, 0.2) is 58.5 Å². The van der Waals surface area contributed by atoms with Crippen LogP contribution < -0.4 is 15.0 Å². The highest BCUT2D eigenvalue weighted by Crippen LogP contribution is 2.37. The SMILES string of the molecule is COc1ccc(C(=O)CSc2nc3sc4c(c3c(=O)n2-c2ccccc2)CC[C@H](C)C4)cc1OC. The van der Waals surface area contributed by atoms with Gasteiger partial charge in [-0.3, -0.25) is 14.2 Å². The minimum atomic E-state index is -0.0794. The molecule has 0 radical (unpaired) electrons. The van der Waals surface area contributed by atoms with Gasteiger partial charge in [0.05, 0.1) is 31.0 Å². The number of ether oxygens (including phenoxy) is 2. The molecule has 0 aliphatic heterocycles. The molecule has 4 aromatic rings. The topological polar surface area (TPSA) is 70.4 Å². The lowest BCUT2D eigenvalue weighted by atomic mass is 9.89. The molecule has 0 saturated carbocycles. The maximum atomic E-state index is 13.8. The number of hydrogen-bond acceptors (Lipinski definition) is 7. The maximum absolute atomic E-state index is 13.8. The Morgan fingerprint density at radius 1 is 1.14 bits per heavy atom. The van der Waals surface area contributed by atoms with E-state index < -0.39 is 0 Å². The van der Waals surface area contributed by atoms with E-state index >= 15 is 0 Å². The first kappa shape index (κ1) is 23.6. The van der Waals surface area contributed by atoms with Crippen LogP contribution in [0.3, 0.4) is 0 Å². The van der Waals surface area contributed by atoms with Crippen molar-refractivity contribution in [2.24, 2.45) is 5.92 Å². The van der Waals surface area contributed by atoms with E-state index in [9.17, 15) is 9.59 Å². The van der Waals surface area contributed by atoms with Crippen molar-refractivity contribution in [3.8, 4) is 17.2 Å². The molecule has 0 fully saturated rings. The predicted octanol–water partition coefficient (Wildman–Crippen LogP) is 5.56. The van der Waals surface area contributed by atoms with Crippen LogP contribution in [0, 0.1) is 5.92 Å². The van der Waals surface area contributed by atoms with Crippen LogP contribution >= 0.6 is 23.1 Å². The monoisotopic (exact) mass is 506 g/mol. The molecule has 0 spiro atoms. The summed E-state index contributed by atoms with van der Waals surface area (Å²) >= 11 is 2.90. The number of aromatic nitrogens is 2. The third-order valence-electron chi connectivity index (χ3n) is 6.35. The lowest BCUT2D eigenvalue weighted by molar-refractivity contribution is 0.102. The van der Waals surface area contributed by atoms with E-state index in [2.05, 4.69) is 6.92 Å². The number of para-hydroxylation sites is 1. The fourth-order valence-corrected chi connectivity index (χ4v) is 6.83. The van der Waals surface area contributed by atoms with Crippen molar-refractivity contribution in [1.82, 2.24) is 9.55 Å². The summed E-state index contributed by atoms with van der Waals surface area (Å²) in [7, 11) is 3.10. The molecule has 1 atom stereocenters. The number of rotatable bonds is 7. The summed E-state index contributed by atoms with van der Waals surface area (Å²) in [5, 5.41) is 1.26. The van der Waals surface area contributed by atoms with Gasteiger partial charge < -0.3 is 9.47 Å². The highest BCUT2D eigenvalue weighted by molar-refractivity contribution is 7.99. The van der Waals surface area contributed by atoms with Gasteiger partial charge >= 0.3 is 0 Å². The van der Waals surface area contributed by atoms with E-state index in [1.165, 1.54) is 16.6 Å². The first-order valence-corrected chi connectivity index (χ1v) is 13.3. The second-order valence-electron chi connectivity index (χ2n) is 8.68. The third-order valence-corrected chi connectivity index (χ3v) is 8.44. The first-order chi connectivity index (χ1) is 17.0. The van der Waals surface area contributed by atoms with Crippen molar-refractivity contribution in [2.75, 3.05) is 20.0 Å². The number of fused-ring (bicyclic) bond motifs is 3. The smallest absolute Gasteiger partial charge is 0.267 e. The van der Waals surface area contributed by atoms with Crippen molar-refractivity contribution >= 4 is 39.1 Å². The Kier molecular flexibility index (Phi) is 6.67. The van der Waals surface area contributed by atoms with E-state index in [0.29, 0.717) is 28.1 Å². The normalized spacial score (nSPS) is 15.1. The summed E-state index contributed by atoms with van der Waals surface area (Å²) in [6.07, 6.45) is 2.98. The molecule has 0 unspecified atom stereocenters. The van der Waals surface area contributed by atoms with Gasteiger partial charge in [-0.05, 0) is 61.1 Å².